The Morgan fingerprint density at radius 2 is 1.96 bits per heavy atom. The number of guanidine groups is 1. The average molecular weight is 378 g/mol. The lowest BCUT2D eigenvalue weighted by Crippen LogP contribution is -2.37. The Morgan fingerprint density at radius 3 is 2.74 bits per heavy atom. The Balaban J connectivity index is 1.65. The molecule has 0 aliphatic carbocycles. The fourth-order valence-electron chi connectivity index (χ4n) is 2.48. The predicted molar refractivity (Wildman–Crippen MR) is 93.1 cm³/mol. The van der Waals surface area contributed by atoms with Gasteiger partial charge in [-0.05, 0) is 24.3 Å². The van der Waals surface area contributed by atoms with Gasteiger partial charge in [0.25, 0.3) is 0 Å². The van der Waals surface area contributed by atoms with E-state index in [1.165, 1.54) is 25.2 Å². The Hall–Kier alpha value is -3.30. The van der Waals surface area contributed by atoms with E-state index in [9.17, 15) is 13.2 Å². The minimum Gasteiger partial charge on any atom is -0.434 e. The molecule has 142 valence electrons. The van der Waals surface area contributed by atoms with Crippen molar-refractivity contribution in [1.82, 2.24) is 25.2 Å². The second-order valence-corrected chi connectivity index (χ2v) is 5.42. The van der Waals surface area contributed by atoms with E-state index in [-0.39, 0.29) is 17.9 Å². The normalized spacial score (nSPS) is 11.8. The Labute approximate surface area is 152 Å². The predicted octanol–water partition coefficient (Wildman–Crippen LogP) is 2.33. The van der Waals surface area contributed by atoms with Gasteiger partial charge >= 0.3 is 6.61 Å². The highest BCUT2D eigenvalue weighted by Crippen LogP contribution is 2.23. The first-order chi connectivity index (χ1) is 13.1. The highest BCUT2D eigenvalue weighted by atomic mass is 19.3. The van der Waals surface area contributed by atoms with Crippen LogP contribution in [0.2, 0.25) is 0 Å². The van der Waals surface area contributed by atoms with E-state index in [1.807, 2.05) is 28.8 Å². The SMILES string of the molecule is CN=C(NCc1c(F)cccc1OC(F)F)NCc1nnc2ccccn12. The number of fused-ring (bicyclic) bond motifs is 1. The van der Waals surface area contributed by atoms with Crippen molar-refractivity contribution in [2.75, 3.05) is 7.05 Å². The Morgan fingerprint density at radius 1 is 1.15 bits per heavy atom. The van der Waals surface area contributed by atoms with Gasteiger partial charge in [0.1, 0.15) is 11.6 Å². The highest BCUT2D eigenvalue weighted by Gasteiger charge is 2.14. The molecule has 0 saturated carbocycles. The molecule has 0 saturated heterocycles. The molecule has 3 rings (SSSR count). The molecule has 3 aromatic rings. The molecule has 0 radical (unpaired) electrons. The molecule has 27 heavy (non-hydrogen) atoms. The van der Waals surface area contributed by atoms with E-state index < -0.39 is 12.4 Å². The third-order valence-corrected chi connectivity index (χ3v) is 3.75. The molecule has 2 heterocycles. The van der Waals surface area contributed by atoms with Crippen LogP contribution in [-0.2, 0) is 13.1 Å². The lowest BCUT2D eigenvalue weighted by molar-refractivity contribution is -0.0506. The molecule has 7 nitrogen and oxygen atoms in total. The molecule has 2 N–H and O–H groups in total. The molecule has 0 atom stereocenters. The van der Waals surface area contributed by atoms with Crippen LogP contribution in [0.5, 0.6) is 5.75 Å². The summed E-state index contributed by atoms with van der Waals surface area (Å²) in [6, 6.07) is 9.30. The van der Waals surface area contributed by atoms with Gasteiger partial charge in [-0.15, -0.1) is 10.2 Å². The number of aliphatic imine (C=N–C) groups is 1. The van der Waals surface area contributed by atoms with Crippen molar-refractivity contribution in [2.24, 2.45) is 4.99 Å². The molecule has 0 aliphatic heterocycles. The molecule has 0 spiro atoms. The first-order valence-corrected chi connectivity index (χ1v) is 8.04. The van der Waals surface area contributed by atoms with E-state index >= 15 is 0 Å². The van der Waals surface area contributed by atoms with Crippen LogP contribution in [0.3, 0.4) is 0 Å². The number of hydrogen-bond donors (Lipinski definition) is 2. The maximum Gasteiger partial charge on any atom is 0.387 e. The van der Waals surface area contributed by atoms with Crippen molar-refractivity contribution in [2.45, 2.75) is 19.7 Å². The van der Waals surface area contributed by atoms with E-state index in [0.717, 1.165) is 0 Å². The molecular formula is C17H17F3N6O. The summed E-state index contributed by atoms with van der Waals surface area (Å²) >= 11 is 0. The lowest BCUT2D eigenvalue weighted by Gasteiger charge is -2.14. The number of ether oxygens (including phenoxy) is 1. The third-order valence-electron chi connectivity index (χ3n) is 3.75. The Kier molecular flexibility index (Phi) is 5.74. The number of nitrogens with one attached hydrogen (secondary N) is 2. The van der Waals surface area contributed by atoms with Gasteiger partial charge in [-0.2, -0.15) is 8.78 Å². The summed E-state index contributed by atoms with van der Waals surface area (Å²) in [6.07, 6.45) is 1.83. The first kappa shape index (κ1) is 18.5. The van der Waals surface area contributed by atoms with Gasteiger partial charge in [-0.3, -0.25) is 9.39 Å². The number of alkyl halides is 2. The second kappa shape index (κ2) is 8.39. The Bertz CT molecular complexity index is 943. The van der Waals surface area contributed by atoms with Gasteiger partial charge in [-0.1, -0.05) is 12.1 Å². The molecule has 0 unspecified atom stereocenters. The molecule has 0 fully saturated rings. The van der Waals surface area contributed by atoms with Gasteiger partial charge < -0.3 is 15.4 Å². The number of rotatable bonds is 6. The fourth-order valence-corrected chi connectivity index (χ4v) is 2.48. The van der Waals surface area contributed by atoms with Crippen LogP contribution in [0.25, 0.3) is 5.65 Å². The smallest absolute Gasteiger partial charge is 0.387 e. The van der Waals surface area contributed by atoms with Crippen molar-refractivity contribution in [1.29, 1.82) is 0 Å². The van der Waals surface area contributed by atoms with E-state index in [0.29, 0.717) is 24.0 Å². The quantitative estimate of drug-likeness (QED) is 0.509. The van der Waals surface area contributed by atoms with Crippen LogP contribution in [0.1, 0.15) is 11.4 Å². The highest BCUT2D eigenvalue weighted by molar-refractivity contribution is 5.79. The molecule has 1 aromatic carbocycles. The molecule has 10 heteroatoms. The van der Waals surface area contributed by atoms with Crippen molar-refractivity contribution in [3.05, 3.63) is 59.8 Å². The van der Waals surface area contributed by atoms with Crippen LogP contribution in [0, 0.1) is 5.82 Å². The van der Waals surface area contributed by atoms with Gasteiger partial charge in [0.2, 0.25) is 0 Å². The summed E-state index contributed by atoms with van der Waals surface area (Å²) in [5.74, 6) is 0.117. The van der Waals surface area contributed by atoms with Crippen molar-refractivity contribution in [3.63, 3.8) is 0 Å². The number of nitrogens with zero attached hydrogens (tertiary/aromatic N) is 4. The molecule has 0 aliphatic rings. The van der Waals surface area contributed by atoms with Crippen molar-refractivity contribution >= 4 is 11.6 Å². The zero-order chi connectivity index (χ0) is 19.2. The average Bonchev–Trinajstić information content (AvgIpc) is 3.06. The topological polar surface area (TPSA) is 75.8 Å². The molecule has 0 amide bonds. The third kappa shape index (κ3) is 4.46. The summed E-state index contributed by atoms with van der Waals surface area (Å²) in [5.41, 5.74) is 0.686. The van der Waals surface area contributed by atoms with Gasteiger partial charge in [-0.25, -0.2) is 4.39 Å². The van der Waals surface area contributed by atoms with Crippen LogP contribution >= 0.6 is 0 Å². The number of benzene rings is 1. The minimum atomic E-state index is -3.04. The molecule has 2 aromatic heterocycles. The van der Waals surface area contributed by atoms with Gasteiger partial charge in [0.15, 0.2) is 17.4 Å². The van der Waals surface area contributed by atoms with Crippen LogP contribution in [0.15, 0.2) is 47.6 Å². The maximum atomic E-state index is 14.0. The maximum absolute atomic E-state index is 14.0. The summed E-state index contributed by atoms with van der Waals surface area (Å²) < 4.78 is 45.1. The van der Waals surface area contributed by atoms with Crippen LogP contribution < -0.4 is 15.4 Å². The van der Waals surface area contributed by atoms with Crippen LogP contribution in [-0.4, -0.2) is 34.2 Å². The number of aromatic nitrogens is 3. The molecular weight excluding hydrogens is 361 g/mol. The lowest BCUT2D eigenvalue weighted by atomic mass is 10.2. The summed E-state index contributed by atoms with van der Waals surface area (Å²) in [4.78, 5) is 4.03. The van der Waals surface area contributed by atoms with E-state index in [1.54, 1.807) is 0 Å². The summed E-state index contributed by atoms with van der Waals surface area (Å²) in [6.45, 7) is -2.82. The monoisotopic (exact) mass is 378 g/mol. The minimum absolute atomic E-state index is 0.0197. The largest absolute Gasteiger partial charge is 0.434 e. The van der Waals surface area contributed by atoms with Crippen LogP contribution in [0.4, 0.5) is 13.2 Å². The zero-order valence-corrected chi connectivity index (χ0v) is 14.4. The fraction of sp³-hybridized carbons (Fsp3) is 0.235. The number of halogens is 3. The van der Waals surface area contributed by atoms with E-state index in [2.05, 4.69) is 30.6 Å². The number of pyridine rings is 1. The van der Waals surface area contributed by atoms with Gasteiger partial charge in [0, 0.05) is 25.4 Å². The van der Waals surface area contributed by atoms with Crippen molar-refractivity contribution < 1.29 is 17.9 Å². The summed E-state index contributed by atoms with van der Waals surface area (Å²) in [7, 11) is 1.54. The van der Waals surface area contributed by atoms with Crippen molar-refractivity contribution in [3.8, 4) is 5.75 Å². The molecule has 0 bridgehead atoms. The number of hydrogen-bond acceptors (Lipinski definition) is 4. The zero-order valence-electron chi connectivity index (χ0n) is 14.4. The van der Waals surface area contributed by atoms with E-state index in [4.69, 9.17) is 0 Å². The summed E-state index contributed by atoms with van der Waals surface area (Å²) in [5, 5.41) is 14.0. The second-order valence-electron chi connectivity index (χ2n) is 5.42. The van der Waals surface area contributed by atoms with Gasteiger partial charge in [0.05, 0.1) is 6.54 Å². The standard InChI is InChI=1S/C17H17F3N6O/c1-21-17(23-10-15-25-24-14-7-2-3-8-26(14)15)22-9-11-12(18)5-4-6-13(11)27-16(19)20/h2-8,16H,9-10H2,1H3,(H2,21,22,23). The first-order valence-electron chi connectivity index (χ1n) is 8.04.